The normalized spacial score (nSPS) is 30.9. The molecule has 0 aromatic carbocycles. The number of hydrogen-bond donors (Lipinski definition) is 0. The number of carbonyl (C=O) groups excluding carboxylic acids is 1. The molecule has 1 unspecified atom stereocenters. The maximum atomic E-state index is 11.6. The number of hydrogen-bond acceptors (Lipinski definition) is 3. The Balaban J connectivity index is 1.98. The molecule has 1 heterocycles. The van der Waals surface area contributed by atoms with E-state index in [2.05, 4.69) is 23.8 Å². The van der Waals surface area contributed by atoms with Crippen molar-refractivity contribution >= 4 is 6.29 Å². The van der Waals surface area contributed by atoms with Crippen molar-refractivity contribution in [3.05, 3.63) is 0 Å². The molecule has 1 aliphatic heterocycles. The van der Waals surface area contributed by atoms with Crippen LogP contribution in [0.2, 0.25) is 0 Å². The maximum absolute atomic E-state index is 11.6. The second-order valence-electron chi connectivity index (χ2n) is 6.48. The summed E-state index contributed by atoms with van der Waals surface area (Å²) in [5, 5.41) is 0. The van der Waals surface area contributed by atoms with Crippen LogP contribution in [0, 0.1) is 5.41 Å². The molecule has 2 aliphatic rings. The van der Waals surface area contributed by atoms with Crippen LogP contribution in [0.15, 0.2) is 0 Å². The number of aldehydes is 1. The Morgan fingerprint density at radius 3 is 2.39 bits per heavy atom. The van der Waals surface area contributed by atoms with Gasteiger partial charge in [0.15, 0.2) is 0 Å². The Bertz CT molecular complexity index is 272. The van der Waals surface area contributed by atoms with Crippen LogP contribution >= 0.6 is 0 Å². The van der Waals surface area contributed by atoms with E-state index in [9.17, 15) is 4.79 Å². The minimum atomic E-state index is -0.0410. The molecule has 1 aliphatic carbocycles. The van der Waals surface area contributed by atoms with Crippen LogP contribution in [-0.4, -0.2) is 55.4 Å². The van der Waals surface area contributed by atoms with Gasteiger partial charge in [-0.3, -0.25) is 4.90 Å². The zero-order valence-electron chi connectivity index (χ0n) is 12.0. The monoisotopic (exact) mass is 252 g/mol. The first kappa shape index (κ1) is 14.0. The highest BCUT2D eigenvalue weighted by molar-refractivity contribution is 5.59. The second-order valence-corrected chi connectivity index (χ2v) is 6.48. The van der Waals surface area contributed by atoms with Gasteiger partial charge in [-0.1, -0.05) is 25.7 Å². The predicted octanol–water partition coefficient (Wildman–Crippen LogP) is 2.16. The number of carbonyl (C=O) groups is 1. The fourth-order valence-electron chi connectivity index (χ4n) is 3.56. The average molecular weight is 252 g/mol. The van der Waals surface area contributed by atoms with E-state index in [1.807, 2.05) is 0 Å². The van der Waals surface area contributed by atoms with Crippen molar-refractivity contribution in [2.24, 2.45) is 5.41 Å². The predicted molar refractivity (Wildman–Crippen MR) is 74.7 cm³/mol. The van der Waals surface area contributed by atoms with E-state index in [1.54, 1.807) is 0 Å². The van der Waals surface area contributed by atoms with Crippen molar-refractivity contribution in [3.63, 3.8) is 0 Å². The summed E-state index contributed by atoms with van der Waals surface area (Å²) >= 11 is 0. The number of nitrogens with zero attached hydrogens (tertiary/aromatic N) is 2. The zero-order chi connectivity index (χ0) is 13.0. The van der Waals surface area contributed by atoms with Crippen molar-refractivity contribution in [1.82, 2.24) is 9.80 Å². The third-order valence-electron chi connectivity index (χ3n) is 4.84. The van der Waals surface area contributed by atoms with Crippen LogP contribution in [0.3, 0.4) is 0 Å². The zero-order valence-corrected chi connectivity index (χ0v) is 12.0. The molecule has 2 fully saturated rings. The van der Waals surface area contributed by atoms with Crippen LogP contribution in [0.5, 0.6) is 0 Å². The van der Waals surface area contributed by atoms with Gasteiger partial charge in [0, 0.05) is 37.6 Å². The molecule has 0 aromatic heterocycles. The minimum Gasteiger partial charge on any atom is -0.304 e. The highest BCUT2D eigenvalue weighted by Crippen LogP contribution is 2.34. The highest BCUT2D eigenvalue weighted by Gasteiger charge is 2.35. The number of piperazine rings is 1. The number of likely N-dealkylation sites (N-methyl/N-ethyl adjacent to an activating group) is 1. The summed E-state index contributed by atoms with van der Waals surface area (Å²) in [6, 6.07) is 0.587. The summed E-state index contributed by atoms with van der Waals surface area (Å²) in [6.07, 6.45) is 8.60. The Labute approximate surface area is 112 Å². The topological polar surface area (TPSA) is 23.6 Å². The molecule has 0 bridgehead atoms. The molecule has 0 amide bonds. The molecule has 3 heteroatoms. The van der Waals surface area contributed by atoms with Crippen molar-refractivity contribution in [1.29, 1.82) is 0 Å². The maximum Gasteiger partial charge on any atom is 0.127 e. The summed E-state index contributed by atoms with van der Waals surface area (Å²) in [5.41, 5.74) is -0.0410. The minimum absolute atomic E-state index is 0.0410. The van der Waals surface area contributed by atoms with Gasteiger partial charge in [-0.25, -0.2) is 0 Å². The molecule has 1 saturated heterocycles. The highest BCUT2D eigenvalue weighted by atomic mass is 16.1. The van der Waals surface area contributed by atoms with E-state index < -0.39 is 0 Å². The molecule has 1 atom stereocenters. The Morgan fingerprint density at radius 2 is 1.83 bits per heavy atom. The van der Waals surface area contributed by atoms with Gasteiger partial charge in [-0.05, 0) is 26.8 Å². The van der Waals surface area contributed by atoms with E-state index in [0.29, 0.717) is 6.04 Å². The molecule has 104 valence electrons. The van der Waals surface area contributed by atoms with Gasteiger partial charge in [0.2, 0.25) is 0 Å². The summed E-state index contributed by atoms with van der Waals surface area (Å²) in [4.78, 5) is 16.6. The van der Waals surface area contributed by atoms with Crippen LogP contribution in [0.1, 0.15) is 45.4 Å². The van der Waals surface area contributed by atoms with E-state index in [-0.39, 0.29) is 5.41 Å². The van der Waals surface area contributed by atoms with Gasteiger partial charge in [0.1, 0.15) is 6.29 Å². The van der Waals surface area contributed by atoms with Gasteiger partial charge in [0.25, 0.3) is 0 Å². The molecule has 0 aromatic rings. The van der Waals surface area contributed by atoms with Crippen molar-refractivity contribution < 1.29 is 4.79 Å². The van der Waals surface area contributed by atoms with E-state index >= 15 is 0 Å². The van der Waals surface area contributed by atoms with E-state index in [4.69, 9.17) is 0 Å². The first-order chi connectivity index (χ1) is 8.65. The van der Waals surface area contributed by atoms with Crippen molar-refractivity contribution in [2.75, 3.05) is 33.2 Å². The fourth-order valence-corrected chi connectivity index (χ4v) is 3.56. The van der Waals surface area contributed by atoms with Crippen LogP contribution < -0.4 is 0 Å². The second kappa shape index (κ2) is 6.16. The third kappa shape index (κ3) is 3.33. The Hall–Kier alpha value is -0.410. The van der Waals surface area contributed by atoms with Crippen LogP contribution in [0.4, 0.5) is 0 Å². The Morgan fingerprint density at radius 1 is 1.17 bits per heavy atom. The van der Waals surface area contributed by atoms with Gasteiger partial charge in [-0.2, -0.15) is 0 Å². The lowest BCUT2D eigenvalue weighted by molar-refractivity contribution is -0.118. The third-order valence-corrected chi connectivity index (χ3v) is 4.84. The SMILES string of the molecule is CC1CN(C)CCN1CC1(C=O)CCCCCC1. The largest absolute Gasteiger partial charge is 0.304 e. The number of rotatable bonds is 3. The van der Waals surface area contributed by atoms with E-state index in [1.165, 1.54) is 32.0 Å². The van der Waals surface area contributed by atoms with E-state index in [0.717, 1.165) is 39.0 Å². The van der Waals surface area contributed by atoms with Gasteiger partial charge >= 0.3 is 0 Å². The first-order valence-electron chi connectivity index (χ1n) is 7.54. The smallest absolute Gasteiger partial charge is 0.127 e. The summed E-state index contributed by atoms with van der Waals surface area (Å²) in [6.45, 7) is 6.68. The summed E-state index contributed by atoms with van der Waals surface area (Å²) < 4.78 is 0. The fraction of sp³-hybridized carbons (Fsp3) is 0.933. The lowest BCUT2D eigenvalue weighted by atomic mass is 9.81. The van der Waals surface area contributed by atoms with Gasteiger partial charge in [-0.15, -0.1) is 0 Å². The molecule has 18 heavy (non-hydrogen) atoms. The first-order valence-corrected chi connectivity index (χ1v) is 7.54. The quantitative estimate of drug-likeness (QED) is 0.568. The molecular weight excluding hydrogens is 224 g/mol. The molecule has 3 nitrogen and oxygen atoms in total. The average Bonchev–Trinajstić information content (AvgIpc) is 2.59. The lowest BCUT2D eigenvalue weighted by Gasteiger charge is -2.42. The lowest BCUT2D eigenvalue weighted by Crippen LogP contribution is -2.53. The molecule has 0 N–H and O–H groups in total. The standard InChI is InChI=1S/C15H28N2O/c1-14-11-16(2)9-10-17(14)12-15(13-18)7-5-3-4-6-8-15/h13-14H,3-12H2,1-2H3. The Kier molecular flexibility index (Phi) is 4.79. The van der Waals surface area contributed by atoms with Gasteiger partial charge in [0.05, 0.1) is 0 Å². The summed E-state index contributed by atoms with van der Waals surface area (Å²) in [5.74, 6) is 0. The van der Waals surface area contributed by atoms with Crippen molar-refractivity contribution in [2.45, 2.75) is 51.5 Å². The van der Waals surface area contributed by atoms with Crippen molar-refractivity contribution in [3.8, 4) is 0 Å². The molecule has 0 radical (unpaired) electrons. The molecule has 2 rings (SSSR count). The van der Waals surface area contributed by atoms with Crippen LogP contribution in [0.25, 0.3) is 0 Å². The van der Waals surface area contributed by atoms with Gasteiger partial charge < -0.3 is 9.69 Å². The molecule has 0 spiro atoms. The van der Waals surface area contributed by atoms with Crippen LogP contribution in [-0.2, 0) is 4.79 Å². The molecular formula is C15H28N2O. The summed E-state index contributed by atoms with van der Waals surface area (Å²) in [7, 11) is 2.19. The molecule has 1 saturated carbocycles.